The third-order valence-corrected chi connectivity index (χ3v) is 6.51. The van der Waals surface area contributed by atoms with Crippen LogP contribution in [0, 0.1) is 17.8 Å². The zero-order valence-corrected chi connectivity index (χ0v) is 12.0. The first-order valence-electron chi connectivity index (χ1n) is 7.08. The maximum Gasteiger partial charge on any atom is 0.0650 e. The summed E-state index contributed by atoms with van der Waals surface area (Å²) in [6, 6.07) is 0. The van der Waals surface area contributed by atoms with Crippen LogP contribution in [0.2, 0.25) is 0 Å². The van der Waals surface area contributed by atoms with Gasteiger partial charge < -0.3 is 4.52 Å². The predicted molar refractivity (Wildman–Crippen MR) is 72.1 cm³/mol. The van der Waals surface area contributed by atoms with Crippen LogP contribution in [0.5, 0.6) is 0 Å². The summed E-state index contributed by atoms with van der Waals surface area (Å²) < 4.78 is 6.46. The Morgan fingerprint density at radius 2 is 1.81 bits per heavy atom. The Labute approximate surface area is 102 Å². The van der Waals surface area contributed by atoms with Crippen molar-refractivity contribution < 1.29 is 4.52 Å². The van der Waals surface area contributed by atoms with E-state index in [9.17, 15) is 0 Å². The van der Waals surface area contributed by atoms with Crippen LogP contribution < -0.4 is 0 Å². The van der Waals surface area contributed by atoms with Crippen LogP contribution in [-0.2, 0) is 4.52 Å². The largest absolute Gasteiger partial charge is 0.356 e. The standard InChI is InChI=1S/C14H27OP/c1-11(2)13-7-6-12(3)10-14(13)15-16-8-4-5-9-16/h11-14H,4-10H2,1-3H3. The molecule has 1 saturated heterocycles. The van der Waals surface area contributed by atoms with E-state index in [1.165, 1.54) is 44.4 Å². The fourth-order valence-corrected chi connectivity index (χ4v) is 5.43. The van der Waals surface area contributed by atoms with Crippen LogP contribution in [-0.4, -0.2) is 18.4 Å². The van der Waals surface area contributed by atoms with Gasteiger partial charge >= 0.3 is 0 Å². The highest BCUT2D eigenvalue weighted by atomic mass is 31.1. The maximum atomic E-state index is 6.46. The number of hydrogen-bond donors (Lipinski definition) is 0. The molecule has 1 nitrogen and oxygen atoms in total. The molecule has 2 fully saturated rings. The minimum Gasteiger partial charge on any atom is -0.356 e. The molecule has 1 saturated carbocycles. The molecule has 0 radical (unpaired) electrons. The summed E-state index contributed by atoms with van der Waals surface area (Å²) in [5.41, 5.74) is 0. The summed E-state index contributed by atoms with van der Waals surface area (Å²) in [6.45, 7) is 7.15. The van der Waals surface area contributed by atoms with Gasteiger partial charge in [0.2, 0.25) is 0 Å². The second-order valence-corrected chi connectivity index (χ2v) is 8.17. The van der Waals surface area contributed by atoms with Crippen molar-refractivity contribution in [2.45, 2.75) is 59.0 Å². The minimum atomic E-state index is -0.0384. The van der Waals surface area contributed by atoms with Gasteiger partial charge in [-0.1, -0.05) is 27.2 Å². The molecule has 2 rings (SSSR count). The maximum absolute atomic E-state index is 6.46. The van der Waals surface area contributed by atoms with E-state index in [0.29, 0.717) is 6.10 Å². The van der Waals surface area contributed by atoms with E-state index in [4.69, 9.17) is 4.52 Å². The van der Waals surface area contributed by atoms with E-state index in [-0.39, 0.29) is 8.15 Å². The minimum absolute atomic E-state index is 0.0384. The quantitative estimate of drug-likeness (QED) is 0.654. The fraction of sp³-hybridized carbons (Fsp3) is 1.00. The second kappa shape index (κ2) is 5.83. The van der Waals surface area contributed by atoms with Gasteiger partial charge in [0.25, 0.3) is 0 Å². The van der Waals surface area contributed by atoms with Crippen LogP contribution >= 0.6 is 8.15 Å². The van der Waals surface area contributed by atoms with Gasteiger partial charge in [-0.25, -0.2) is 0 Å². The van der Waals surface area contributed by atoms with Crippen LogP contribution in [0.3, 0.4) is 0 Å². The van der Waals surface area contributed by atoms with E-state index in [1.54, 1.807) is 0 Å². The third-order valence-electron chi connectivity index (χ3n) is 4.31. The zero-order chi connectivity index (χ0) is 11.5. The molecule has 1 aliphatic heterocycles. The van der Waals surface area contributed by atoms with Crippen molar-refractivity contribution in [1.82, 2.24) is 0 Å². The molecule has 0 aromatic heterocycles. The summed E-state index contributed by atoms with van der Waals surface area (Å²) in [5.74, 6) is 2.52. The lowest BCUT2D eigenvalue weighted by atomic mass is 9.75. The van der Waals surface area contributed by atoms with Gasteiger partial charge in [-0.05, 0) is 55.8 Å². The van der Waals surface area contributed by atoms with Crippen molar-refractivity contribution in [3.8, 4) is 0 Å². The lowest BCUT2D eigenvalue weighted by molar-refractivity contribution is 0.0557. The summed E-state index contributed by atoms with van der Waals surface area (Å²) in [5, 5.41) is 0. The topological polar surface area (TPSA) is 9.23 Å². The molecule has 0 spiro atoms. The molecule has 0 N–H and O–H groups in total. The van der Waals surface area contributed by atoms with Crippen molar-refractivity contribution in [3.05, 3.63) is 0 Å². The molecular weight excluding hydrogens is 215 g/mol. The summed E-state index contributed by atoms with van der Waals surface area (Å²) >= 11 is 0. The molecule has 0 aromatic rings. The highest BCUT2D eigenvalue weighted by molar-refractivity contribution is 7.52. The van der Waals surface area contributed by atoms with Gasteiger partial charge in [-0.3, -0.25) is 0 Å². The molecule has 1 heterocycles. The lowest BCUT2D eigenvalue weighted by Gasteiger charge is -2.38. The predicted octanol–water partition coefficient (Wildman–Crippen LogP) is 4.65. The van der Waals surface area contributed by atoms with Crippen LogP contribution in [0.25, 0.3) is 0 Å². The lowest BCUT2D eigenvalue weighted by Crippen LogP contribution is -2.33. The zero-order valence-electron chi connectivity index (χ0n) is 11.1. The average molecular weight is 242 g/mol. The van der Waals surface area contributed by atoms with Crippen LogP contribution in [0.1, 0.15) is 52.9 Å². The first-order valence-corrected chi connectivity index (χ1v) is 8.71. The van der Waals surface area contributed by atoms with Crippen molar-refractivity contribution in [2.75, 3.05) is 12.3 Å². The molecule has 16 heavy (non-hydrogen) atoms. The second-order valence-electron chi connectivity index (χ2n) is 6.11. The van der Waals surface area contributed by atoms with Crippen molar-refractivity contribution >= 4 is 8.15 Å². The number of hydrogen-bond acceptors (Lipinski definition) is 1. The highest BCUT2D eigenvalue weighted by Crippen LogP contribution is 2.49. The fourth-order valence-electron chi connectivity index (χ4n) is 3.22. The first-order chi connectivity index (χ1) is 7.66. The van der Waals surface area contributed by atoms with Gasteiger partial charge in [0, 0.05) is 8.15 Å². The number of rotatable bonds is 3. The van der Waals surface area contributed by atoms with E-state index in [1.807, 2.05) is 0 Å². The van der Waals surface area contributed by atoms with Gasteiger partial charge in [0.05, 0.1) is 6.10 Å². The Morgan fingerprint density at radius 3 is 2.44 bits per heavy atom. The van der Waals surface area contributed by atoms with E-state index >= 15 is 0 Å². The van der Waals surface area contributed by atoms with Crippen molar-refractivity contribution in [3.63, 3.8) is 0 Å². The monoisotopic (exact) mass is 242 g/mol. The Bertz CT molecular complexity index is 211. The SMILES string of the molecule is CC1CCC(C(C)C)C(OP2CCCC2)C1. The van der Waals surface area contributed by atoms with Crippen LogP contribution in [0.4, 0.5) is 0 Å². The molecule has 3 atom stereocenters. The molecule has 2 aliphatic rings. The summed E-state index contributed by atoms with van der Waals surface area (Å²) in [7, 11) is -0.0384. The van der Waals surface area contributed by atoms with Crippen molar-refractivity contribution in [2.24, 2.45) is 17.8 Å². The molecule has 94 valence electrons. The van der Waals surface area contributed by atoms with E-state index in [0.717, 1.165) is 17.8 Å². The molecule has 0 amide bonds. The van der Waals surface area contributed by atoms with Gasteiger partial charge in [-0.2, -0.15) is 0 Å². The van der Waals surface area contributed by atoms with Gasteiger partial charge in [-0.15, -0.1) is 0 Å². The third kappa shape index (κ3) is 3.20. The van der Waals surface area contributed by atoms with Gasteiger partial charge in [0.1, 0.15) is 0 Å². The molecule has 2 heteroatoms. The molecule has 0 bridgehead atoms. The highest BCUT2D eigenvalue weighted by Gasteiger charge is 2.33. The molecular formula is C14H27OP. The van der Waals surface area contributed by atoms with E-state index < -0.39 is 0 Å². The summed E-state index contributed by atoms with van der Waals surface area (Å²) in [6.07, 6.45) is 10.3. The first kappa shape index (κ1) is 12.8. The van der Waals surface area contributed by atoms with Gasteiger partial charge in [0.15, 0.2) is 0 Å². The Balaban J connectivity index is 1.91. The Kier molecular flexibility index (Phi) is 4.67. The molecule has 0 aromatic carbocycles. The Hall–Kier alpha value is 0.390. The Morgan fingerprint density at radius 1 is 1.12 bits per heavy atom. The van der Waals surface area contributed by atoms with E-state index in [2.05, 4.69) is 20.8 Å². The van der Waals surface area contributed by atoms with Crippen molar-refractivity contribution in [1.29, 1.82) is 0 Å². The molecule has 1 aliphatic carbocycles. The smallest absolute Gasteiger partial charge is 0.0650 e. The molecule has 3 unspecified atom stereocenters. The summed E-state index contributed by atoms with van der Waals surface area (Å²) in [4.78, 5) is 0. The average Bonchev–Trinajstić information content (AvgIpc) is 2.70. The van der Waals surface area contributed by atoms with Crippen LogP contribution in [0.15, 0.2) is 0 Å². The normalized spacial score (nSPS) is 37.1.